The van der Waals surface area contributed by atoms with E-state index in [4.69, 9.17) is 10.3 Å². The van der Waals surface area contributed by atoms with E-state index in [2.05, 4.69) is 10.0 Å². The highest BCUT2D eigenvalue weighted by atomic mass is 16.6. The van der Waals surface area contributed by atoms with E-state index in [1.807, 2.05) is 0 Å². The van der Waals surface area contributed by atoms with E-state index >= 15 is 0 Å². The molecule has 7 heteroatoms. The van der Waals surface area contributed by atoms with Gasteiger partial charge in [-0.3, -0.25) is 0 Å². The molecule has 0 aliphatic carbocycles. The van der Waals surface area contributed by atoms with Gasteiger partial charge in [0.15, 0.2) is 6.29 Å². The summed E-state index contributed by atoms with van der Waals surface area (Å²) < 4.78 is 4.81. The minimum absolute atomic E-state index is 0.685. The van der Waals surface area contributed by atoms with E-state index in [9.17, 15) is 15.3 Å². The van der Waals surface area contributed by atoms with E-state index < -0.39 is 30.6 Å². The van der Waals surface area contributed by atoms with Crippen LogP contribution in [0.15, 0.2) is 5.11 Å². The zero-order valence-electron chi connectivity index (χ0n) is 6.98. The third-order valence-corrected chi connectivity index (χ3v) is 2.01. The molecular formula is C6H11N3O4. The molecule has 1 aliphatic heterocycles. The molecular weight excluding hydrogens is 178 g/mol. The van der Waals surface area contributed by atoms with Crippen LogP contribution in [0, 0.1) is 0 Å². The maximum atomic E-state index is 9.35. The van der Waals surface area contributed by atoms with Crippen LogP contribution < -0.4 is 0 Å². The first-order valence-corrected chi connectivity index (χ1v) is 3.81. The first kappa shape index (κ1) is 10.2. The topological polar surface area (TPSA) is 119 Å². The number of hydrogen-bond donors (Lipinski definition) is 3. The Morgan fingerprint density at radius 2 is 1.92 bits per heavy atom. The highest BCUT2D eigenvalue weighted by molar-refractivity contribution is 4.91. The molecule has 13 heavy (non-hydrogen) atoms. The molecule has 0 radical (unpaired) electrons. The molecule has 1 rings (SSSR count). The van der Waals surface area contributed by atoms with Crippen molar-refractivity contribution in [3.63, 3.8) is 0 Å². The fraction of sp³-hybridized carbons (Fsp3) is 1.00. The quantitative estimate of drug-likeness (QED) is 0.282. The van der Waals surface area contributed by atoms with Crippen LogP contribution in [-0.2, 0) is 4.74 Å². The molecule has 0 bridgehead atoms. The summed E-state index contributed by atoms with van der Waals surface area (Å²) in [5.74, 6) is 0. The largest absolute Gasteiger partial charge is 0.390 e. The molecule has 0 aromatic heterocycles. The van der Waals surface area contributed by atoms with Gasteiger partial charge in [0.05, 0.1) is 12.2 Å². The number of azide groups is 1. The Hall–Kier alpha value is -0.850. The van der Waals surface area contributed by atoms with Crippen molar-refractivity contribution in [1.82, 2.24) is 0 Å². The van der Waals surface area contributed by atoms with Gasteiger partial charge in [-0.15, -0.1) is 0 Å². The second-order valence-corrected chi connectivity index (χ2v) is 2.91. The highest BCUT2D eigenvalue weighted by Gasteiger charge is 2.41. The Morgan fingerprint density at radius 1 is 1.31 bits per heavy atom. The van der Waals surface area contributed by atoms with Gasteiger partial charge in [0, 0.05) is 4.91 Å². The first-order chi connectivity index (χ1) is 6.07. The average Bonchev–Trinajstić information content (AvgIpc) is 2.09. The molecule has 0 saturated carbocycles. The molecule has 74 valence electrons. The van der Waals surface area contributed by atoms with Crippen LogP contribution in [-0.4, -0.2) is 46.0 Å². The average molecular weight is 189 g/mol. The van der Waals surface area contributed by atoms with Crippen molar-refractivity contribution in [3.8, 4) is 0 Å². The van der Waals surface area contributed by atoms with E-state index in [0.29, 0.717) is 0 Å². The minimum Gasteiger partial charge on any atom is -0.390 e. The van der Waals surface area contributed by atoms with Crippen LogP contribution in [0.25, 0.3) is 10.4 Å². The molecule has 1 heterocycles. The SMILES string of the molecule is C[C@@H]1O[C@@H](O)[C@@H](N=[N+]=[N-])[C@H](O)[C@@H]1O. The molecule has 0 unspecified atom stereocenters. The summed E-state index contributed by atoms with van der Waals surface area (Å²) in [6.07, 6.45) is -4.51. The number of hydrogen-bond acceptors (Lipinski definition) is 5. The molecule has 5 atom stereocenters. The van der Waals surface area contributed by atoms with Crippen molar-refractivity contribution in [2.45, 2.75) is 37.6 Å². The van der Waals surface area contributed by atoms with Crippen molar-refractivity contribution < 1.29 is 20.1 Å². The number of ether oxygens (including phenoxy) is 1. The Labute approximate surface area is 74.2 Å². The van der Waals surface area contributed by atoms with Gasteiger partial charge in [0.1, 0.15) is 12.1 Å². The van der Waals surface area contributed by atoms with Crippen molar-refractivity contribution in [3.05, 3.63) is 10.4 Å². The fourth-order valence-electron chi connectivity index (χ4n) is 1.21. The zero-order valence-corrected chi connectivity index (χ0v) is 6.98. The lowest BCUT2D eigenvalue weighted by molar-refractivity contribution is -0.236. The number of aliphatic hydroxyl groups is 3. The second-order valence-electron chi connectivity index (χ2n) is 2.91. The van der Waals surface area contributed by atoms with Crippen molar-refractivity contribution >= 4 is 0 Å². The smallest absolute Gasteiger partial charge is 0.166 e. The van der Waals surface area contributed by atoms with Gasteiger partial charge >= 0.3 is 0 Å². The summed E-state index contributed by atoms with van der Waals surface area (Å²) in [4.78, 5) is 2.43. The summed E-state index contributed by atoms with van der Waals surface area (Å²) in [7, 11) is 0. The van der Waals surface area contributed by atoms with Crippen molar-refractivity contribution in [2.24, 2.45) is 5.11 Å². The lowest BCUT2D eigenvalue weighted by atomic mass is 9.98. The number of nitrogens with zero attached hydrogens (tertiary/aromatic N) is 3. The van der Waals surface area contributed by atoms with Crippen LogP contribution in [0.5, 0.6) is 0 Å². The van der Waals surface area contributed by atoms with E-state index in [1.165, 1.54) is 6.92 Å². The maximum Gasteiger partial charge on any atom is 0.166 e. The zero-order chi connectivity index (χ0) is 10.0. The molecule has 1 fully saturated rings. The summed E-state index contributed by atoms with van der Waals surface area (Å²) in [6.45, 7) is 1.50. The predicted octanol–water partition coefficient (Wildman–Crippen LogP) is -0.876. The molecule has 0 aromatic rings. The maximum absolute atomic E-state index is 9.35. The Balaban J connectivity index is 2.78. The van der Waals surface area contributed by atoms with Gasteiger partial charge < -0.3 is 20.1 Å². The second kappa shape index (κ2) is 3.91. The molecule has 1 aliphatic rings. The standard InChI is InChI=1S/C6H11N3O4/c1-2-4(10)5(11)3(8-9-7)6(12)13-2/h2-6,10-12H,1H3/t2-,3-,4+,5-,6+/m0/s1. The summed E-state index contributed by atoms with van der Waals surface area (Å²) in [6, 6.07) is -1.16. The normalized spacial score (nSPS) is 45.4. The minimum atomic E-state index is -1.37. The molecule has 0 amide bonds. The van der Waals surface area contributed by atoms with Crippen LogP contribution >= 0.6 is 0 Å². The van der Waals surface area contributed by atoms with Crippen molar-refractivity contribution in [1.29, 1.82) is 0 Å². The van der Waals surface area contributed by atoms with Gasteiger partial charge in [-0.1, -0.05) is 5.11 Å². The Kier molecular flexibility index (Phi) is 3.07. The Bertz CT molecular complexity index is 230. The summed E-state index contributed by atoms with van der Waals surface area (Å²) >= 11 is 0. The number of aliphatic hydroxyl groups excluding tert-OH is 3. The van der Waals surface area contributed by atoms with E-state index in [0.717, 1.165) is 0 Å². The van der Waals surface area contributed by atoms with Crippen molar-refractivity contribution in [2.75, 3.05) is 0 Å². The van der Waals surface area contributed by atoms with Gasteiger partial charge in [-0.2, -0.15) is 0 Å². The molecule has 1 saturated heterocycles. The third kappa shape index (κ3) is 1.90. The summed E-state index contributed by atoms with van der Waals surface area (Å²) in [5, 5.41) is 31.0. The fourth-order valence-corrected chi connectivity index (χ4v) is 1.21. The summed E-state index contributed by atoms with van der Waals surface area (Å²) in [5.41, 5.74) is 8.11. The lowest BCUT2D eigenvalue weighted by Crippen LogP contribution is -2.55. The van der Waals surface area contributed by atoms with Crippen LogP contribution in [0.2, 0.25) is 0 Å². The van der Waals surface area contributed by atoms with E-state index in [1.54, 1.807) is 0 Å². The molecule has 3 N–H and O–H groups in total. The van der Waals surface area contributed by atoms with E-state index in [-0.39, 0.29) is 0 Å². The molecule has 0 spiro atoms. The van der Waals surface area contributed by atoms with Crippen LogP contribution in [0.4, 0.5) is 0 Å². The van der Waals surface area contributed by atoms with Gasteiger partial charge in [0.2, 0.25) is 0 Å². The molecule has 0 aromatic carbocycles. The van der Waals surface area contributed by atoms with Crippen LogP contribution in [0.3, 0.4) is 0 Å². The van der Waals surface area contributed by atoms with Gasteiger partial charge in [-0.25, -0.2) is 0 Å². The highest BCUT2D eigenvalue weighted by Crippen LogP contribution is 2.21. The first-order valence-electron chi connectivity index (χ1n) is 3.81. The third-order valence-electron chi connectivity index (χ3n) is 2.01. The monoisotopic (exact) mass is 189 g/mol. The number of rotatable bonds is 1. The van der Waals surface area contributed by atoms with Gasteiger partial charge in [0.25, 0.3) is 0 Å². The van der Waals surface area contributed by atoms with Gasteiger partial charge in [-0.05, 0) is 12.5 Å². The lowest BCUT2D eigenvalue weighted by Gasteiger charge is -2.37. The predicted molar refractivity (Wildman–Crippen MR) is 41.5 cm³/mol. The Morgan fingerprint density at radius 3 is 2.46 bits per heavy atom. The van der Waals surface area contributed by atoms with Crippen LogP contribution in [0.1, 0.15) is 6.92 Å². The molecule has 7 nitrogen and oxygen atoms in total.